The minimum absolute atomic E-state index is 0.200. The van der Waals surface area contributed by atoms with Gasteiger partial charge in [-0.3, -0.25) is 0 Å². The summed E-state index contributed by atoms with van der Waals surface area (Å²) < 4.78 is 5.99. The lowest BCUT2D eigenvalue weighted by atomic mass is 10.1. The lowest BCUT2D eigenvalue weighted by Crippen LogP contribution is -2.48. The molecule has 0 radical (unpaired) electrons. The average Bonchev–Trinajstić information content (AvgIpc) is 3.49. The number of nitrogens with one attached hydrogen (secondary N) is 1. The van der Waals surface area contributed by atoms with Gasteiger partial charge in [-0.15, -0.1) is 0 Å². The summed E-state index contributed by atoms with van der Waals surface area (Å²) in [5.74, 6) is 0. The molecule has 1 amide bonds. The van der Waals surface area contributed by atoms with Gasteiger partial charge in [0.15, 0.2) is 9.05 Å². The first-order chi connectivity index (χ1) is 16.2. The van der Waals surface area contributed by atoms with Crippen molar-refractivity contribution in [2.75, 3.05) is 44.2 Å². The molecule has 0 aliphatic carbocycles. The number of thiazole rings is 2. The molecule has 2 aliphatic rings. The van der Waals surface area contributed by atoms with Crippen LogP contribution < -0.4 is 10.2 Å². The third-order valence-corrected chi connectivity index (χ3v) is 6.93. The standard InChI is InChI=1S/C9H11N3S.C9H18N2O2.C4HBrN2S/c10-6-8-7-11-9(13-8)12-4-2-1-3-5-12;1-9(2,3)13-8(12)11-6-4-10-5-7-11;5-4-7-2-3(1-6)8-4/h7H,1-5H2;10H,4-7H2,1-3H3;2H. The van der Waals surface area contributed by atoms with Crippen molar-refractivity contribution in [1.29, 1.82) is 10.5 Å². The van der Waals surface area contributed by atoms with Crippen LogP contribution in [0.25, 0.3) is 0 Å². The van der Waals surface area contributed by atoms with Crippen molar-refractivity contribution in [3.8, 4) is 12.1 Å². The van der Waals surface area contributed by atoms with Crippen LogP contribution in [-0.2, 0) is 4.74 Å². The largest absolute Gasteiger partial charge is 0.444 e. The Balaban J connectivity index is 0.000000186. The third-order valence-electron chi connectivity index (χ3n) is 4.59. The molecule has 2 aromatic heterocycles. The number of hydrogen-bond donors (Lipinski definition) is 1. The highest BCUT2D eigenvalue weighted by Gasteiger charge is 2.22. The minimum atomic E-state index is -0.387. The zero-order valence-electron chi connectivity index (χ0n) is 19.7. The van der Waals surface area contributed by atoms with E-state index in [1.54, 1.807) is 11.1 Å². The Morgan fingerprint density at radius 1 is 1.03 bits per heavy atom. The predicted octanol–water partition coefficient (Wildman–Crippen LogP) is 4.61. The number of rotatable bonds is 1. The van der Waals surface area contributed by atoms with Gasteiger partial charge in [0.2, 0.25) is 0 Å². The van der Waals surface area contributed by atoms with Crippen LogP contribution in [0.2, 0.25) is 0 Å². The molecule has 9 nitrogen and oxygen atoms in total. The number of ether oxygens (including phenoxy) is 1. The van der Waals surface area contributed by atoms with Gasteiger partial charge in [-0.25, -0.2) is 14.8 Å². The smallest absolute Gasteiger partial charge is 0.410 e. The van der Waals surface area contributed by atoms with Gasteiger partial charge in [-0.2, -0.15) is 10.5 Å². The number of halogens is 1. The molecule has 1 N–H and O–H groups in total. The van der Waals surface area contributed by atoms with E-state index < -0.39 is 0 Å². The van der Waals surface area contributed by atoms with Crippen molar-refractivity contribution in [3.05, 3.63) is 26.1 Å². The van der Waals surface area contributed by atoms with E-state index in [9.17, 15) is 4.79 Å². The van der Waals surface area contributed by atoms with Gasteiger partial charge in [0.1, 0.15) is 27.5 Å². The van der Waals surface area contributed by atoms with E-state index in [0.717, 1.165) is 48.3 Å². The predicted molar refractivity (Wildman–Crippen MR) is 138 cm³/mol. The number of carbonyl (C=O) groups excluding carboxylic acids is 1. The van der Waals surface area contributed by atoms with Crippen LogP contribution >= 0.6 is 38.6 Å². The first-order valence-corrected chi connectivity index (χ1v) is 13.5. The Morgan fingerprint density at radius 3 is 2.09 bits per heavy atom. The second-order valence-corrected chi connectivity index (χ2v) is 11.8. The summed E-state index contributed by atoms with van der Waals surface area (Å²) in [4.78, 5) is 24.9. The number of aromatic nitrogens is 2. The SMILES string of the molecule is CC(C)(C)OC(=O)N1CCNCC1.N#Cc1cnc(Br)s1.N#Cc1cnc(N2CCCCC2)s1. The summed E-state index contributed by atoms with van der Waals surface area (Å²) in [7, 11) is 0. The highest BCUT2D eigenvalue weighted by atomic mass is 79.9. The van der Waals surface area contributed by atoms with Crippen molar-refractivity contribution < 1.29 is 9.53 Å². The number of hydrogen-bond acceptors (Lipinski definition) is 10. The summed E-state index contributed by atoms with van der Waals surface area (Å²) in [6.45, 7) is 11.0. The van der Waals surface area contributed by atoms with E-state index in [-0.39, 0.29) is 11.7 Å². The van der Waals surface area contributed by atoms with E-state index in [2.05, 4.69) is 42.2 Å². The van der Waals surface area contributed by atoms with Crippen molar-refractivity contribution in [3.63, 3.8) is 0 Å². The Hall–Kier alpha value is -2.25. The van der Waals surface area contributed by atoms with Gasteiger partial charge in [0, 0.05) is 39.3 Å². The Kier molecular flexibility index (Phi) is 11.7. The van der Waals surface area contributed by atoms with Crippen molar-refractivity contribution in [1.82, 2.24) is 20.2 Å². The molecule has 0 unspecified atom stereocenters. The van der Waals surface area contributed by atoms with E-state index in [4.69, 9.17) is 15.3 Å². The molecule has 34 heavy (non-hydrogen) atoms. The average molecular weight is 569 g/mol. The van der Waals surface area contributed by atoms with Gasteiger partial charge in [0.05, 0.1) is 12.4 Å². The maximum Gasteiger partial charge on any atom is 0.410 e. The molecule has 2 aromatic rings. The van der Waals surface area contributed by atoms with Crippen molar-refractivity contribution in [2.24, 2.45) is 0 Å². The third kappa shape index (κ3) is 10.3. The molecule has 0 bridgehead atoms. The number of amides is 1. The quantitative estimate of drug-likeness (QED) is 0.530. The summed E-state index contributed by atoms with van der Waals surface area (Å²) in [6, 6.07) is 4.09. The first-order valence-electron chi connectivity index (χ1n) is 11.0. The number of anilines is 1. The molecule has 0 atom stereocenters. The second-order valence-electron chi connectivity index (χ2n) is 8.47. The molecule has 0 saturated carbocycles. The summed E-state index contributed by atoms with van der Waals surface area (Å²) in [6.07, 6.45) is 6.83. The van der Waals surface area contributed by atoms with Crippen molar-refractivity contribution in [2.45, 2.75) is 45.6 Å². The van der Waals surface area contributed by atoms with E-state index in [1.807, 2.05) is 26.8 Å². The molecule has 2 aliphatic heterocycles. The van der Waals surface area contributed by atoms with Crippen LogP contribution in [0.15, 0.2) is 16.3 Å². The Morgan fingerprint density at radius 2 is 1.62 bits per heavy atom. The molecular formula is C22H30BrN7O2S2. The molecule has 4 rings (SSSR count). The number of piperazine rings is 1. The Labute approximate surface area is 217 Å². The Bertz CT molecular complexity index is 979. The van der Waals surface area contributed by atoms with Crippen LogP contribution in [0, 0.1) is 22.7 Å². The van der Waals surface area contributed by atoms with Gasteiger partial charge in [-0.1, -0.05) is 22.7 Å². The number of piperidine rings is 1. The molecule has 4 heterocycles. The normalized spacial score (nSPS) is 15.6. The molecule has 12 heteroatoms. The topological polar surface area (TPSA) is 118 Å². The zero-order chi connectivity index (χ0) is 25.0. The van der Waals surface area contributed by atoms with Crippen LogP contribution in [-0.4, -0.2) is 65.8 Å². The maximum absolute atomic E-state index is 11.5. The van der Waals surface area contributed by atoms with E-state index in [1.165, 1.54) is 48.1 Å². The molecule has 2 saturated heterocycles. The van der Waals surface area contributed by atoms with Crippen molar-refractivity contribution >= 4 is 49.8 Å². The molecule has 184 valence electrons. The monoisotopic (exact) mass is 567 g/mol. The van der Waals surface area contributed by atoms with Gasteiger partial charge < -0.3 is 19.9 Å². The van der Waals surface area contributed by atoms with Crippen LogP contribution in [0.4, 0.5) is 9.93 Å². The summed E-state index contributed by atoms with van der Waals surface area (Å²) >= 11 is 5.95. The maximum atomic E-state index is 11.5. The molecular weight excluding hydrogens is 538 g/mol. The van der Waals surface area contributed by atoms with Gasteiger partial charge >= 0.3 is 6.09 Å². The number of carbonyl (C=O) groups is 1. The van der Waals surface area contributed by atoms with Crippen LogP contribution in [0.5, 0.6) is 0 Å². The second kappa shape index (κ2) is 14.2. The fraction of sp³-hybridized carbons (Fsp3) is 0.591. The van der Waals surface area contributed by atoms with E-state index in [0.29, 0.717) is 9.75 Å². The fourth-order valence-electron chi connectivity index (χ4n) is 3.03. The number of nitrogens with zero attached hydrogens (tertiary/aromatic N) is 6. The van der Waals surface area contributed by atoms with Crippen LogP contribution in [0.3, 0.4) is 0 Å². The van der Waals surface area contributed by atoms with Gasteiger partial charge in [-0.05, 0) is 56.0 Å². The summed E-state index contributed by atoms with van der Waals surface area (Å²) in [5.41, 5.74) is -0.387. The lowest BCUT2D eigenvalue weighted by molar-refractivity contribution is 0.0229. The summed E-state index contributed by atoms with van der Waals surface area (Å²) in [5, 5.41) is 21.1. The van der Waals surface area contributed by atoms with Gasteiger partial charge in [0.25, 0.3) is 0 Å². The molecule has 2 fully saturated rings. The highest BCUT2D eigenvalue weighted by Crippen LogP contribution is 2.24. The highest BCUT2D eigenvalue weighted by molar-refractivity contribution is 9.11. The minimum Gasteiger partial charge on any atom is -0.444 e. The lowest BCUT2D eigenvalue weighted by Gasteiger charge is -2.30. The number of nitriles is 2. The molecule has 0 spiro atoms. The van der Waals surface area contributed by atoms with E-state index >= 15 is 0 Å². The first kappa shape index (κ1) is 28.0. The fourth-order valence-corrected chi connectivity index (χ4v) is 4.85. The zero-order valence-corrected chi connectivity index (χ0v) is 22.9. The molecule has 0 aromatic carbocycles. The van der Waals surface area contributed by atoms with Crippen LogP contribution in [0.1, 0.15) is 49.8 Å².